The van der Waals surface area contributed by atoms with Crippen LogP contribution in [0.3, 0.4) is 0 Å². The van der Waals surface area contributed by atoms with Crippen molar-refractivity contribution in [2.75, 3.05) is 13.7 Å². The van der Waals surface area contributed by atoms with E-state index in [9.17, 15) is 4.79 Å². The maximum absolute atomic E-state index is 11.6. The van der Waals surface area contributed by atoms with Crippen LogP contribution < -0.4 is 5.73 Å². The van der Waals surface area contributed by atoms with Gasteiger partial charge in [-0.15, -0.1) is 0 Å². The van der Waals surface area contributed by atoms with Gasteiger partial charge in [0.15, 0.2) is 0 Å². The molecule has 0 aromatic carbocycles. The summed E-state index contributed by atoms with van der Waals surface area (Å²) in [6, 6.07) is 1.74. The van der Waals surface area contributed by atoms with Crippen molar-refractivity contribution in [1.82, 2.24) is 0 Å². The highest BCUT2D eigenvalue weighted by atomic mass is 16.5. The molecule has 20 heavy (non-hydrogen) atoms. The van der Waals surface area contributed by atoms with Crippen LogP contribution in [0, 0.1) is 12.8 Å². The van der Waals surface area contributed by atoms with Gasteiger partial charge in [0.1, 0.15) is 17.1 Å². The molecule has 1 aromatic heterocycles. The first-order chi connectivity index (χ1) is 9.65. The van der Waals surface area contributed by atoms with Crippen molar-refractivity contribution in [1.29, 1.82) is 0 Å². The fourth-order valence-corrected chi connectivity index (χ4v) is 2.89. The van der Waals surface area contributed by atoms with Gasteiger partial charge >= 0.3 is 5.97 Å². The number of rotatable bonds is 4. The molecule has 0 atom stereocenters. The Morgan fingerprint density at radius 3 is 2.75 bits per heavy atom. The molecular weight excluding hydrogens is 254 g/mol. The summed E-state index contributed by atoms with van der Waals surface area (Å²) in [5.74, 6) is 1.47. The molecule has 4 heteroatoms. The zero-order valence-electron chi connectivity index (χ0n) is 12.3. The molecule has 1 aliphatic carbocycles. The van der Waals surface area contributed by atoms with Crippen LogP contribution in [0.15, 0.2) is 16.1 Å². The first-order valence-corrected chi connectivity index (χ1v) is 7.25. The second-order valence-corrected chi connectivity index (χ2v) is 5.37. The van der Waals surface area contributed by atoms with Gasteiger partial charge in [0.05, 0.1) is 7.11 Å². The van der Waals surface area contributed by atoms with E-state index in [1.54, 1.807) is 13.0 Å². The molecule has 4 nitrogen and oxygen atoms in total. The zero-order valence-corrected chi connectivity index (χ0v) is 12.3. The summed E-state index contributed by atoms with van der Waals surface area (Å²) in [5.41, 5.74) is 7.58. The molecule has 1 aromatic rings. The first-order valence-electron chi connectivity index (χ1n) is 7.25. The second kappa shape index (κ2) is 6.75. The molecule has 0 saturated heterocycles. The van der Waals surface area contributed by atoms with Gasteiger partial charge < -0.3 is 14.9 Å². The lowest BCUT2D eigenvalue weighted by molar-refractivity contribution is 0.0599. The molecule has 0 unspecified atom stereocenters. The molecule has 0 spiro atoms. The van der Waals surface area contributed by atoms with Crippen molar-refractivity contribution in [3.63, 3.8) is 0 Å². The molecule has 0 aliphatic heterocycles. The maximum Gasteiger partial charge on any atom is 0.341 e. The van der Waals surface area contributed by atoms with E-state index in [0.29, 0.717) is 29.5 Å². The number of carbonyl (C=O) groups excluding carboxylic acids is 1. The highest BCUT2D eigenvalue weighted by Crippen LogP contribution is 2.31. The summed E-state index contributed by atoms with van der Waals surface area (Å²) >= 11 is 0. The largest absolute Gasteiger partial charge is 0.465 e. The van der Waals surface area contributed by atoms with Crippen LogP contribution >= 0.6 is 0 Å². The van der Waals surface area contributed by atoms with Crippen molar-refractivity contribution >= 4 is 12.0 Å². The normalized spacial score (nSPS) is 17.2. The van der Waals surface area contributed by atoms with E-state index < -0.39 is 0 Å². The summed E-state index contributed by atoms with van der Waals surface area (Å²) in [7, 11) is 1.37. The predicted molar refractivity (Wildman–Crippen MR) is 78.4 cm³/mol. The van der Waals surface area contributed by atoms with Crippen molar-refractivity contribution in [2.24, 2.45) is 11.7 Å². The fourth-order valence-electron chi connectivity index (χ4n) is 2.89. The van der Waals surface area contributed by atoms with Crippen molar-refractivity contribution < 1.29 is 13.9 Å². The van der Waals surface area contributed by atoms with Gasteiger partial charge in [0.25, 0.3) is 0 Å². The predicted octanol–water partition coefficient (Wildman–Crippen LogP) is 3.30. The number of hydrogen-bond donors (Lipinski definition) is 1. The average Bonchev–Trinajstić information content (AvgIpc) is 2.85. The fraction of sp³-hybridized carbons (Fsp3) is 0.562. The number of carbonyl (C=O) groups is 1. The molecule has 1 aliphatic rings. The molecule has 1 heterocycles. The summed E-state index contributed by atoms with van der Waals surface area (Å²) in [4.78, 5) is 11.6. The van der Waals surface area contributed by atoms with Crippen LogP contribution in [0.1, 0.15) is 54.0 Å². The van der Waals surface area contributed by atoms with E-state index in [4.69, 9.17) is 14.9 Å². The number of methoxy groups -OCH3 is 1. The van der Waals surface area contributed by atoms with Crippen molar-refractivity contribution in [2.45, 2.75) is 39.0 Å². The number of ether oxygens (including phenoxy) is 1. The number of aryl methyl sites for hydroxylation is 1. The first kappa shape index (κ1) is 14.9. The molecular formula is C16H23NO3. The average molecular weight is 277 g/mol. The second-order valence-electron chi connectivity index (χ2n) is 5.37. The summed E-state index contributed by atoms with van der Waals surface area (Å²) < 4.78 is 10.4. The number of hydrogen-bond acceptors (Lipinski definition) is 4. The van der Waals surface area contributed by atoms with Gasteiger partial charge in [-0.3, -0.25) is 0 Å². The van der Waals surface area contributed by atoms with Crippen LogP contribution in [0.5, 0.6) is 0 Å². The molecule has 1 fully saturated rings. The highest BCUT2D eigenvalue weighted by Gasteiger charge is 2.19. The van der Waals surface area contributed by atoms with E-state index >= 15 is 0 Å². The Labute approximate surface area is 120 Å². The third-order valence-corrected chi connectivity index (χ3v) is 4.04. The Bertz CT molecular complexity index is 496. The summed E-state index contributed by atoms with van der Waals surface area (Å²) in [6.45, 7) is 2.31. The minimum Gasteiger partial charge on any atom is -0.465 e. The van der Waals surface area contributed by atoms with Crippen LogP contribution in [0.4, 0.5) is 0 Å². The van der Waals surface area contributed by atoms with Crippen LogP contribution in [0.25, 0.3) is 6.08 Å². The highest BCUT2D eigenvalue weighted by molar-refractivity contribution is 5.91. The van der Waals surface area contributed by atoms with E-state index in [0.717, 1.165) is 0 Å². The molecule has 0 amide bonds. The molecule has 0 radical (unpaired) electrons. The van der Waals surface area contributed by atoms with Crippen LogP contribution in [0.2, 0.25) is 0 Å². The van der Waals surface area contributed by atoms with Gasteiger partial charge in [0.2, 0.25) is 0 Å². The van der Waals surface area contributed by atoms with Gasteiger partial charge in [0, 0.05) is 6.54 Å². The third-order valence-electron chi connectivity index (χ3n) is 4.04. The topological polar surface area (TPSA) is 65.5 Å². The van der Waals surface area contributed by atoms with Crippen molar-refractivity contribution in [3.05, 3.63) is 28.7 Å². The van der Waals surface area contributed by atoms with E-state index in [-0.39, 0.29) is 5.97 Å². The molecule has 2 N–H and O–H groups in total. The smallest absolute Gasteiger partial charge is 0.341 e. The zero-order chi connectivity index (χ0) is 14.5. The Balaban J connectivity index is 2.21. The van der Waals surface area contributed by atoms with Crippen molar-refractivity contribution in [3.8, 4) is 0 Å². The minimum absolute atomic E-state index is 0.363. The van der Waals surface area contributed by atoms with E-state index in [1.807, 2.05) is 6.08 Å². The van der Waals surface area contributed by atoms with E-state index in [2.05, 4.69) is 0 Å². The minimum atomic E-state index is -0.363. The summed E-state index contributed by atoms with van der Waals surface area (Å²) in [5, 5.41) is 0. The Morgan fingerprint density at radius 2 is 2.15 bits per heavy atom. The van der Waals surface area contributed by atoms with Gasteiger partial charge in [-0.1, -0.05) is 19.3 Å². The van der Waals surface area contributed by atoms with Gasteiger partial charge in [-0.05, 0) is 43.4 Å². The Kier molecular flexibility index (Phi) is 5.01. The summed E-state index contributed by atoms with van der Waals surface area (Å²) in [6.07, 6.45) is 8.26. The third kappa shape index (κ3) is 3.31. The van der Waals surface area contributed by atoms with Crippen LogP contribution in [-0.2, 0) is 4.74 Å². The standard InChI is InChI=1S/C16H23NO3/c1-11-15(16(18)19-2)9-14(20-11)8-13(10-17)12-6-4-3-5-7-12/h8-9,12H,3-7,10,17H2,1-2H3/b13-8-. The number of esters is 1. The lowest BCUT2D eigenvalue weighted by Crippen LogP contribution is -2.15. The molecule has 1 saturated carbocycles. The Hall–Kier alpha value is -1.55. The number of nitrogens with two attached hydrogens (primary N) is 1. The van der Waals surface area contributed by atoms with Gasteiger partial charge in [-0.25, -0.2) is 4.79 Å². The number of furan rings is 1. The lowest BCUT2D eigenvalue weighted by Gasteiger charge is -2.23. The maximum atomic E-state index is 11.6. The molecule has 110 valence electrons. The van der Waals surface area contributed by atoms with Crippen LogP contribution in [-0.4, -0.2) is 19.6 Å². The lowest BCUT2D eigenvalue weighted by atomic mass is 9.83. The van der Waals surface area contributed by atoms with Gasteiger partial charge in [-0.2, -0.15) is 0 Å². The quantitative estimate of drug-likeness (QED) is 0.858. The van der Waals surface area contributed by atoms with E-state index in [1.165, 1.54) is 44.8 Å². The SMILES string of the molecule is COC(=O)c1cc(/C=C(/CN)C2CCCCC2)oc1C. The Morgan fingerprint density at radius 1 is 1.45 bits per heavy atom. The molecule has 0 bridgehead atoms. The molecule has 2 rings (SSSR count). The monoisotopic (exact) mass is 277 g/mol.